The van der Waals surface area contributed by atoms with E-state index in [1.165, 1.54) is 30.2 Å². The average Bonchev–Trinajstić information content (AvgIpc) is 2.00. The van der Waals surface area contributed by atoms with Crippen LogP contribution in [0.15, 0.2) is 12.2 Å². The highest BCUT2D eigenvalue weighted by molar-refractivity contribution is 8.13. The van der Waals surface area contributed by atoms with Crippen LogP contribution in [0.1, 0.15) is 39.5 Å². The zero-order chi connectivity index (χ0) is 9.40. The highest BCUT2D eigenvalue weighted by atomic mass is 32.2. The van der Waals surface area contributed by atoms with Gasteiger partial charge in [-0.1, -0.05) is 37.3 Å². The molecular formula is C10H18OS. The fourth-order valence-corrected chi connectivity index (χ4v) is 1.57. The molecule has 0 saturated carbocycles. The van der Waals surface area contributed by atoms with E-state index < -0.39 is 0 Å². The Hall–Kier alpha value is -0.240. The number of carbonyl (C=O) groups excluding carboxylic acids is 1. The van der Waals surface area contributed by atoms with Crippen LogP contribution in [0.25, 0.3) is 0 Å². The molecule has 0 aromatic carbocycles. The van der Waals surface area contributed by atoms with Crippen LogP contribution in [0.4, 0.5) is 0 Å². The lowest BCUT2D eigenvalue weighted by Gasteiger charge is -2.02. The van der Waals surface area contributed by atoms with Crippen LogP contribution < -0.4 is 0 Å². The molecule has 0 atom stereocenters. The predicted octanol–water partition coefficient (Wildman–Crippen LogP) is 3.40. The van der Waals surface area contributed by atoms with Gasteiger partial charge in [-0.25, -0.2) is 0 Å². The Morgan fingerprint density at radius 3 is 2.58 bits per heavy atom. The van der Waals surface area contributed by atoms with Crippen molar-refractivity contribution in [3.63, 3.8) is 0 Å². The van der Waals surface area contributed by atoms with E-state index in [1.807, 2.05) is 0 Å². The van der Waals surface area contributed by atoms with Gasteiger partial charge in [-0.2, -0.15) is 0 Å². The minimum atomic E-state index is 0.207. The number of hydrogen-bond donors (Lipinski definition) is 0. The van der Waals surface area contributed by atoms with Gasteiger partial charge in [0.25, 0.3) is 0 Å². The van der Waals surface area contributed by atoms with Gasteiger partial charge in [0.15, 0.2) is 5.12 Å². The van der Waals surface area contributed by atoms with Crippen LogP contribution in [-0.2, 0) is 4.79 Å². The number of allylic oxidation sites excluding steroid dienone is 1. The molecular weight excluding hydrogens is 168 g/mol. The first-order chi connectivity index (χ1) is 5.66. The highest BCUT2D eigenvalue weighted by Crippen LogP contribution is 2.13. The van der Waals surface area contributed by atoms with Crippen molar-refractivity contribution in [2.45, 2.75) is 39.5 Å². The number of hydrogen-bond acceptors (Lipinski definition) is 2. The molecule has 0 aliphatic heterocycles. The molecule has 0 fully saturated rings. The second kappa shape index (κ2) is 7.41. The van der Waals surface area contributed by atoms with Gasteiger partial charge in [0.1, 0.15) is 0 Å². The summed E-state index contributed by atoms with van der Waals surface area (Å²) >= 11 is 1.39. The maximum atomic E-state index is 10.6. The average molecular weight is 186 g/mol. The minimum absolute atomic E-state index is 0.207. The number of unbranched alkanes of at least 4 members (excludes halogenated alkanes) is 1. The zero-order valence-electron chi connectivity index (χ0n) is 8.06. The van der Waals surface area contributed by atoms with Crippen molar-refractivity contribution in [1.29, 1.82) is 0 Å². The largest absolute Gasteiger partial charge is 0.288 e. The van der Waals surface area contributed by atoms with Gasteiger partial charge in [0.05, 0.1) is 0 Å². The Bertz CT molecular complexity index is 152. The smallest absolute Gasteiger partial charge is 0.185 e. The second-order valence-corrected chi connectivity index (χ2v) is 4.22. The van der Waals surface area contributed by atoms with Crippen molar-refractivity contribution >= 4 is 16.9 Å². The fraction of sp³-hybridized carbons (Fsp3) is 0.700. The highest BCUT2D eigenvalue weighted by Gasteiger charge is 1.96. The van der Waals surface area contributed by atoms with Crippen LogP contribution in [0.5, 0.6) is 0 Å². The molecule has 70 valence electrons. The van der Waals surface area contributed by atoms with Crippen molar-refractivity contribution < 1.29 is 4.79 Å². The molecule has 0 aliphatic carbocycles. The van der Waals surface area contributed by atoms with Crippen LogP contribution in [0.2, 0.25) is 0 Å². The quantitative estimate of drug-likeness (QED) is 0.591. The molecule has 0 aliphatic rings. The fourth-order valence-electron chi connectivity index (χ4n) is 0.891. The third kappa shape index (κ3) is 7.86. The summed E-state index contributed by atoms with van der Waals surface area (Å²) < 4.78 is 0. The normalized spacial score (nSPS) is 9.83. The zero-order valence-corrected chi connectivity index (χ0v) is 8.88. The van der Waals surface area contributed by atoms with Crippen LogP contribution in [0.3, 0.4) is 0 Å². The number of thioether (sulfide) groups is 1. The van der Waals surface area contributed by atoms with E-state index in [1.54, 1.807) is 6.92 Å². The second-order valence-electron chi connectivity index (χ2n) is 2.94. The Kier molecular flexibility index (Phi) is 7.26. The van der Waals surface area contributed by atoms with Crippen molar-refractivity contribution in [3.8, 4) is 0 Å². The summed E-state index contributed by atoms with van der Waals surface area (Å²) in [4.78, 5) is 10.6. The third-order valence-corrected chi connectivity index (χ3v) is 2.46. The van der Waals surface area contributed by atoms with E-state index >= 15 is 0 Å². The summed E-state index contributed by atoms with van der Waals surface area (Å²) in [6, 6.07) is 0. The summed E-state index contributed by atoms with van der Waals surface area (Å²) in [6.45, 7) is 7.75. The van der Waals surface area contributed by atoms with E-state index in [2.05, 4.69) is 13.5 Å². The maximum Gasteiger partial charge on any atom is 0.185 e. The molecule has 0 aromatic rings. The standard InChI is InChI=1S/C10H18OS/c1-4-5-6-9(2)7-8-12-10(3)11/h2,4-8H2,1,3H3. The summed E-state index contributed by atoms with van der Waals surface area (Å²) in [5.41, 5.74) is 1.28. The Labute approximate surface area is 79.6 Å². The number of carbonyl (C=O) groups is 1. The molecule has 0 spiro atoms. The molecule has 0 rings (SSSR count). The van der Waals surface area contributed by atoms with Crippen molar-refractivity contribution in [2.75, 3.05) is 5.75 Å². The minimum Gasteiger partial charge on any atom is -0.288 e. The Morgan fingerprint density at radius 2 is 2.08 bits per heavy atom. The van der Waals surface area contributed by atoms with Gasteiger partial charge >= 0.3 is 0 Å². The van der Waals surface area contributed by atoms with E-state index in [0.717, 1.165) is 18.6 Å². The van der Waals surface area contributed by atoms with Gasteiger partial charge in [0.2, 0.25) is 0 Å². The third-order valence-electron chi connectivity index (χ3n) is 1.64. The molecule has 0 saturated heterocycles. The van der Waals surface area contributed by atoms with Gasteiger partial charge < -0.3 is 0 Å². The maximum absolute atomic E-state index is 10.6. The van der Waals surface area contributed by atoms with E-state index in [4.69, 9.17) is 0 Å². The SMILES string of the molecule is C=C(CCCC)CCSC(C)=O. The summed E-state index contributed by atoms with van der Waals surface area (Å²) in [5, 5.41) is 0.207. The monoisotopic (exact) mass is 186 g/mol. The molecule has 1 nitrogen and oxygen atoms in total. The van der Waals surface area contributed by atoms with Gasteiger partial charge in [-0.05, 0) is 19.3 Å². The van der Waals surface area contributed by atoms with E-state index in [9.17, 15) is 4.79 Å². The van der Waals surface area contributed by atoms with Gasteiger partial charge in [-0.15, -0.1) is 0 Å². The van der Waals surface area contributed by atoms with Gasteiger partial charge in [-0.3, -0.25) is 4.79 Å². The predicted molar refractivity (Wildman–Crippen MR) is 56.4 cm³/mol. The van der Waals surface area contributed by atoms with Crippen molar-refractivity contribution in [1.82, 2.24) is 0 Å². The van der Waals surface area contributed by atoms with E-state index in [-0.39, 0.29) is 5.12 Å². The van der Waals surface area contributed by atoms with Crippen molar-refractivity contribution in [3.05, 3.63) is 12.2 Å². The Balaban J connectivity index is 3.25. The molecule has 0 N–H and O–H groups in total. The van der Waals surface area contributed by atoms with Gasteiger partial charge in [0, 0.05) is 12.7 Å². The van der Waals surface area contributed by atoms with Crippen LogP contribution in [0, 0.1) is 0 Å². The summed E-state index contributed by atoms with van der Waals surface area (Å²) in [7, 11) is 0. The van der Waals surface area contributed by atoms with E-state index in [0.29, 0.717) is 0 Å². The Morgan fingerprint density at radius 1 is 1.42 bits per heavy atom. The first-order valence-corrected chi connectivity index (χ1v) is 5.45. The molecule has 2 heteroatoms. The molecule has 0 unspecified atom stereocenters. The lowest BCUT2D eigenvalue weighted by atomic mass is 10.1. The topological polar surface area (TPSA) is 17.1 Å². The molecule has 0 heterocycles. The van der Waals surface area contributed by atoms with Crippen molar-refractivity contribution in [2.24, 2.45) is 0 Å². The first kappa shape index (κ1) is 11.8. The number of rotatable bonds is 6. The first-order valence-electron chi connectivity index (χ1n) is 4.46. The van der Waals surface area contributed by atoms with Crippen LogP contribution in [-0.4, -0.2) is 10.9 Å². The summed E-state index contributed by atoms with van der Waals surface area (Å²) in [6.07, 6.45) is 4.56. The molecule has 0 radical (unpaired) electrons. The molecule has 0 aromatic heterocycles. The molecule has 12 heavy (non-hydrogen) atoms. The summed E-state index contributed by atoms with van der Waals surface area (Å²) in [5.74, 6) is 0.901. The molecule has 0 amide bonds. The lowest BCUT2D eigenvalue weighted by Crippen LogP contribution is -1.89. The van der Waals surface area contributed by atoms with Crippen LogP contribution >= 0.6 is 11.8 Å². The molecule has 0 bridgehead atoms. The lowest BCUT2D eigenvalue weighted by molar-refractivity contribution is -0.109.